The summed E-state index contributed by atoms with van der Waals surface area (Å²) >= 11 is 0. The third-order valence-electron chi connectivity index (χ3n) is 4.30. The minimum atomic E-state index is 0. The van der Waals surface area contributed by atoms with Crippen LogP contribution in [0.5, 0.6) is 11.5 Å². The Bertz CT molecular complexity index is 550. The summed E-state index contributed by atoms with van der Waals surface area (Å²) in [5.41, 5.74) is 1.14. The highest BCUT2D eigenvalue weighted by atomic mass is 127. The van der Waals surface area contributed by atoms with Crippen molar-refractivity contribution in [2.45, 2.75) is 20.4 Å². The van der Waals surface area contributed by atoms with Crippen LogP contribution in [-0.4, -0.2) is 69.2 Å². The van der Waals surface area contributed by atoms with Crippen LogP contribution in [0, 0.1) is 0 Å². The van der Waals surface area contributed by atoms with Gasteiger partial charge in [0.2, 0.25) is 0 Å². The maximum atomic E-state index is 5.89. The Morgan fingerprint density at radius 1 is 1.24 bits per heavy atom. The Kier molecular flexibility index (Phi) is 9.96. The van der Waals surface area contributed by atoms with E-state index in [1.54, 1.807) is 7.11 Å². The predicted octanol–water partition coefficient (Wildman–Crippen LogP) is 2.42. The molecule has 7 heteroatoms. The molecule has 0 aromatic heterocycles. The van der Waals surface area contributed by atoms with Crippen molar-refractivity contribution >= 4 is 29.9 Å². The van der Waals surface area contributed by atoms with Crippen LogP contribution in [0.3, 0.4) is 0 Å². The number of benzene rings is 1. The van der Waals surface area contributed by atoms with Crippen LogP contribution < -0.4 is 14.8 Å². The predicted molar refractivity (Wildman–Crippen MR) is 113 cm³/mol. The van der Waals surface area contributed by atoms with Crippen LogP contribution in [-0.2, 0) is 6.54 Å². The Hall–Kier alpha value is -1.22. The fourth-order valence-corrected chi connectivity index (χ4v) is 2.67. The molecule has 1 heterocycles. The van der Waals surface area contributed by atoms with Crippen LogP contribution in [0.15, 0.2) is 23.2 Å². The first kappa shape index (κ1) is 21.8. The fraction of sp³-hybridized carbons (Fsp3) is 0.611. The van der Waals surface area contributed by atoms with Crippen LogP contribution in [0.1, 0.15) is 19.4 Å². The van der Waals surface area contributed by atoms with Gasteiger partial charge < -0.3 is 24.6 Å². The molecule has 2 rings (SSSR count). The zero-order chi connectivity index (χ0) is 17.4. The highest BCUT2D eigenvalue weighted by Gasteiger charge is 2.12. The summed E-state index contributed by atoms with van der Waals surface area (Å²) in [6.45, 7) is 10.6. The molecule has 0 radical (unpaired) electrons. The molecule has 0 amide bonds. The van der Waals surface area contributed by atoms with E-state index in [9.17, 15) is 0 Å². The smallest absolute Gasteiger partial charge is 0.194 e. The minimum Gasteiger partial charge on any atom is -0.493 e. The molecule has 1 aliphatic heterocycles. The Balaban J connectivity index is 0.00000312. The van der Waals surface area contributed by atoms with Crippen molar-refractivity contribution in [2.24, 2.45) is 4.99 Å². The van der Waals surface area contributed by atoms with Crippen molar-refractivity contribution in [3.8, 4) is 11.5 Å². The third kappa shape index (κ3) is 6.54. The first-order valence-corrected chi connectivity index (χ1v) is 8.69. The topological polar surface area (TPSA) is 49.3 Å². The van der Waals surface area contributed by atoms with E-state index in [0.717, 1.165) is 62.3 Å². The van der Waals surface area contributed by atoms with E-state index >= 15 is 0 Å². The van der Waals surface area contributed by atoms with E-state index < -0.39 is 0 Å². The molecular formula is C18H31IN4O2. The van der Waals surface area contributed by atoms with E-state index in [2.05, 4.69) is 40.0 Å². The number of aliphatic imine (C=N–C) groups is 1. The highest BCUT2D eigenvalue weighted by Crippen LogP contribution is 2.28. The van der Waals surface area contributed by atoms with E-state index in [-0.39, 0.29) is 24.0 Å². The molecule has 1 aromatic carbocycles. The van der Waals surface area contributed by atoms with E-state index in [4.69, 9.17) is 9.47 Å². The lowest BCUT2D eigenvalue weighted by Gasteiger charge is -2.19. The lowest BCUT2D eigenvalue weighted by atomic mass is 10.2. The summed E-state index contributed by atoms with van der Waals surface area (Å²) in [6, 6.07) is 6.07. The van der Waals surface area contributed by atoms with E-state index in [1.807, 2.05) is 19.2 Å². The van der Waals surface area contributed by atoms with Crippen LogP contribution >= 0.6 is 24.0 Å². The normalized spacial score (nSPS) is 13.5. The van der Waals surface area contributed by atoms with E-state index in [1.165, 1.54) is 0 Å². The molecule has 0 unspecified atom stereocenters. The molecule has 0 spiro atoms. The monoisotopic (exact) mass is 462 g/mol. The molecule has 0 aliphatic carbocycles. The number of ether oxygens (including phenoxy) is 2. The maximum Gasteiger partial charge on any atom is 0.194 e. The zero-order valence-electron chi connectivity index (χ0n) is 15.7. The number of guanidine groups is 1. The first-order chi connectivity index (χ1) is 11.7. The molecule has 1 aromatic rings. The summed E-state index contributed by atoms with van der Waals surface area (Å²) < 4.78 is 11.4. The second kappa shape index (κ2) is 11.4. The van der Waals surface area contributed by atoms with Gasteiger partial charge in [-0.25, -0.2) is 0 Å². The number of halogens is 1. The standard InChI is InChI=1S/C18H30N4O2.HI/c1-5-22(6-2)11-12-24-16-8-7-15(13-17(16)23-4)14-20-18-19-9-10-21(18)3;/h7-8,13H,5-6,9-12,14H2,1-4H3,(H,19,20);1H. The van der Waals surface area contributed by atoms with Gasteiger partial charge in [-0.1, -0.05) is 19.9 Å². The highest BCUT2D eigenvalue weighted by molar-refractivity contribution is 14.0. The largest absolute Gasteiger partial charge is 0.493 e. The molecule has 0 saturated heterocycles. The van der Waals surface area contributed by atoms with Gasteiger partial charge in [0, 0.05) is 26.7 Å². The first-order valence-electron chi connectivity index (χ1n) is 8.69. The van der Waals surface area contributed by atoms with Gasteiger partial charge in [0.25, 0.3) is 0 Å². The van der Waals surface area contributed by atoms with Crippen molar-refractivity contribution in [3.63, 3.8) is 0 Å². The molecule has 0 fully saturated rings. The van der Waals surface area contributed by atoms with Crippen molar-refractivity contribution < 1.29 is 9.47 Å². The molecule has 1 N–H and O–H groups in total. The quantitative estimate of drug-likeness (QED) is 0.572. The third-order valence-corrected chi connectivity index (χ3v) is 4.30. The number of hydrogen-bond donors (Lipinski definition) is 1. The van der Waals surface area contributed by atoms with Gasteiger partial charge in [0.15, 0.2) is 17.5 Å². The Morgan fingerprint density at radius 2 is 2.00 bits per heavy atom. The van der Waals surface area contributed by atoms with Crippen LogP contribution in [0.2, 0.25) is 0 Å². The van der Waals surface area contributed by atoms with Crippen LogP contribution in [0.25, 0.3) is 0 Å². The molecule has 6 nitrogen and oxygen atoms in total. The van der Waals surface area contributed by atoms with Crippen LogP contribution in [0.4, 0.5) is 0 Å². The average molecular weight is 462 g/mol. The van der Waals surface area contributed by atoms with Gasteiger partial charge in [-0.3, -0.25) is 4.99 Å². The summed E-state index contributed by atoms with van der Waals surface area (Å²) in [5.74, 6) is 2.52. The average Bonchev–Trinajstić information content (AvgIpc) is 3.02. The number of nitrogens with one attached hydrogen (secondary N) is 1. The molecule has 1 aliphatic rings. The number of hydrogen-bond acceptors (Lipinski definition) is 6. The number of likely N-dealkylation sites (N-methyl/N-ethyl adjacent to an activating group) is 2. The van der Waals surface area contributed by atoms with Gasteiger partial charge in [-0.15, -0.1) is 24.0 Å². The van der Waals surface area contributed by atoms with Crippen molar-refractivity contribution in [1.82, 2.24) is 15.1 Å². The summed E-state index contributed by atoms with van der Waals surface area (Å²) in [4.78, 5) is 8.90. The summed E-state index contributed by atoms with van der Waals surface area (Å²) in [7, 11) is 3.73. The summed E-state index contributed by atoms with van der Waals surface area (Å²) in [6.07, 6.45) is 0. The Morgan fingerprint density at radius 3 is 2.60 bits per heavy atom. The van der Waals surface area contributed by atoms with Crippen molar-refractivity contribution in [2.75, 3.05) is 53.5 Å². The van der Waals surface area contributed by atoms with Gasteiger partial charge in [-0.2, -0.15) is 0 Å². The van der Waals surface area contributed by atoms with Crippen molar-refractivity contribution in [1.29, 1.82) is 0 Å². The van der Waals surface area contributed by atoms with Gasteiger partial charge >= 0.3 is 0 Å². The fourth-order valence-electron chi connectivity index (χ4n) is 2.67. The second-order valence-corrected chi connectivity index (χ2v) is 5.84. The number of rotatable bonds is 9. The molecule has 0 bridgehead atoms. The van der Waals surface area contributed by atoms with Crippen molar-refractivity contribution in [3.05, 3.63) is 23.8 Å². The molecule has 0 atom stereocenters. The van der Waals surface area contributed by atoms with Gasteiger partial charge in [0.05, 0.1) is 13.7 Å². The van der Waals surface area contributed by atoms with Gasteiger partial charge in [-0.05, 0) is 30.8 Å². The zero-order valence-corrected chi connectivity index (χ0v) is 18.1. The lowest BCUT2D eigenvalue weighted by molar-refractivity contribution is 0.217. The van der Waals surface area contributed by atoms with Gasteiger partial charge in [0.1, 0.15) is 6.61 Å². The lowest BCUT2D eigenvalue weighted by Crippen LogP contribution is -2.35. The second-order valence-electron chi connectivity index (χ2n) is 5.84. The molecule has 142 valence electrons. The Labute approximate surface area is 168 Å². The SMILES string of the molecule is CCN(CC)CCOc1ccc(CNC2=NCCN2C)cc1OC.I. The molecule has 0 saturated carbocycles. The maximum absolute atomic E-state index is 5.89. The number of nitrogens with zero attached hydrogens (tertiary/aromatic N) is 3. The molecule has 25 heavy (non-hydrogen) atoms. The van der Waals surface area contributed by atoms with E-state index in [0.29, 0.717) is 6.61 Å². The summed E-state index contributed by atoms with van der Waals surface area (Å²) in [5, 5.41) is 3.36. The minimum absolute atomic E-state index is 0. The number of methoxy groups -OCH3 is 1. The molecular weight excluding hydrogens is 431 g/mol.